The zero-order chi connectivity index (χ0) is 18.6. The van der Waals surface area contributed by atoms with Gasteiger partial charge in [-0.05, 0) is 31.2 Å². The Balaban J connectivity index is 1.58. The Bertz CT molecular complexity index is 931. The van der Waals surface area contributed by atoms with E-state index in [0.29, 0.717) is 30.6 Å². The largest absolute Gasteiger partial charge is 0.441 e. The molecule has 3 aromatic rings. The van der Waals surface area contributed by atoms with Gasteiger partial charge >= 0.3 is 0 Å². The number of hydrogen-bond donors (Lipinski definition) is 1. The van der Waals surface area contributed by atoms with Crippen LogP contribution in [0.5, 0.6) is 0 Å². The highest BCUT2D eigenvalue weighted by molar-refractivity contribution is 6.05. The smallest absolute Gasteiger partial charge is 0.277 e. The lowest BCUT2D eigenvalue weighted by atomic mass is 10.2. The number of oxazole rings is 1. The number of ether oxygens (including phenoxy) is 1. The topological polar surface area (TPSA) is 67.6 Å². The van der Waals surface area contributed by atoms with Crippen molar-refractivity contribution in [1.29, 1.82) is 0 Å². The van der Waals surface area contributed by atoms with Crippen LogP contribution in [0.3, 0.4) is 0 Å². The van der Waals surface area contributed by atoms with Crippen molar-refractivity contribution in [1.82, 2.24) is 4.98 Å². The summed E-state index contributed by atoms with van der Waals surface area (Å²) in [7, 11) is 0. The minimum Gasteiger partial charge on any atom is -0.441 e. The van der Waals surface area contributed by atoms with Crippen molar-refractivity contribution in [2.45, 2.75) is 6.92 Å². The Morgan fingerprint density at radius 2 is 1.74 bits per heavy atom. The van der Waals surface area contributed by atoms with Crippen LogP contribution in [-0.4, -0.2) is 37.2 Å². The van der Waals surface area contributed by atoms with E-state index in [2.05, 4.69) is 15.2 Å². The predicted molar refractivity (Wildman–Crippen MR) is 104 cm³/mol. The highest BCUT2D eigenvalue weighted by atomic mass is 16.5. The first-order valence-corrected chi connectivity index (χ1v) is 8.98. The maximum Gasteiger partial charge on any atom is 0.277 e. The van der Waals surface area contributed by atoms with E-state index in [-0.39, 0.29) is 5.91 Å². The molecular weight excluding hydrogens is 342 g/mol. The van der Waals surface area contributed by atoms with Gasteiger partial charge in [0.05, 0.1) is 24.6 Å². The van der Waals surface area contributed by atoms with Crippen LogP contribution in [0.4, 0.5) is 11.4 Å². The maximum atomic E-state index is 12.8. The summed E-state index contributed by atoms with van der Waals surface area (Å²) >= 11 is 0. The number of carbonyl (C=O) groups is 1. The number of nitrogens with one attached hydrogen (secondary N) is 1. The van der Waals surface area contributed by atoms with Crippen LogP contribution < -0.4 is 10.2 Å². The normalized spacial score (nSPS) is 14.2. The third-order valence-electron chi connectivity index (χ3n) is 4.54. The molecule has 1 amide bonds. The summed E-state index contributed by atoms with van der Waals surface area (Å²) in [5, 5.41) is 2.99. The Hall–Kier alpha value is -3.12. The Morgan fingerprint density at radius 3 is 2.52 bits per heavy atom. The van der Waals surface area contributed by atoms with Crippen LogP contribution in [0.1, 0.15) is 16.2 Å². The minimum absolute atomic E-state index is 0.279. The van der Waals surface area contributed by atoms with E-state index in [1.807, 2.05) is 54.6 Å². The van der Waals surface area contributed by atoms with Crippen molar-refractivity contribution in [3.63, 3.8) is 0 Å². The predicted octanol–water partition coefficient (Wildman–Crippen LogP) is 3.74. The number of aromatic nitrogens is 1. The molecule has 2 heterocycles. The highest BCUT2D eigenvalue weighted by Crippen LogP contribution is 2.28. The number of para-hydroxylation sites is 2. The van der Waals surface area contributed by atoms with E-state index in [0.717, 1.165) is 30.0 Å². The lowest BCUT2D eigenvalue weighted by Crippen LogP contribution is -2.36. The molecule has 27 heavy (non-hydrogen) atoms. The number of aryl methyl sites for hydroxylation is 1. The van der Waals surface area contributed by atoms with Crippen molar-refractivity contribution in [3.8, 4) is 11.5 Å². The summed E-state index contributed by atoms with van der Waals surface area (Å²) in [4.78, 5) is 19.5. The van der Waals surface area contributed by atoms with Gasteiger partial charge in [-0.2, -0.15) is 0 Å². The standard InChI is InChI=1S/C21H21N3O3/c1-15-19(23-21(27-15)16-7-3-2-4-8-16)20(25)22-17-9-5-6-10-18(17)24-11-13-26-14-12-24/h2-10H,11-14H2,1H3,(H,22,25). The molecule has 4 rings (SSSR count). The van der Waals surface area contributed by atoms with E-state index in [4.69, 9.17) is 9.15 Å². The van der Waals surface area contributed by atoms with Gasteiger partial charge in [-0.3, -0.25) is 4.79 Å². The Labute approximate surface area is 157 Å². The molecule has 0 radical (unpaired) electrons. The summed E-state index contributed by atoms with van der Waals surface area (Å²) in [6.45, 7) is 4.72. The second-order valence-electron chi connectivity index (χ2n) is 6.36. The lowest BCUT2D eigenvalue weighted by molar-refractivity contribution is 0.102. The monoisotopic (exact) mass is 363 g/mol. The molecule has 0 atom stereocenters. The summed E-state index contributed by atoms with van der Waals surface area (Å²) in [6.07, 6.45) is 0. The summed E-state index contributed by atoms with van der Waals surface area (Å²) < 4.78 is 11.1. The van der Waals surface area contributed by atoms with Crippen LogP contribution in [-0.2, 0) is 4.74 Å². The molecule has 0 unspecified atom stereocenters. The molecular formula is C21H21N3O3. The molecule has 2 aromatic carbocycles. The molecule has 0 bridgehead atoms. The molecule has 6 nitrogen and oxygen atoms in total. The quantitative estimate of drug-likeness (QED) is 0.765. The molecule has 1 N–H and O–H groups in total. The van der Waals surface area contributed by atoms with Gasteiger partial charge in [0.25, 0.3) is 5.91 Å². The minimum atomic E-state index is -0.279. The van der Waals surface area contributed by atoms with Crippen LogP contribution in [0.25, 0.3) is 11.5 Å². The van der Waals surface area contributed by atoms with Gasteiger partial charge in [0, 0.05) is 18.7 Å². The van der Waals surface area contributed by atoms with Crippen molar-refractivity contribution >= 4 is 17.3 Å². The molecule has 0 saturated carbocycles. The lowest BCUT2D eigenvalue weighted by Gasteiger charge is -2.30. The Kier molecular flexibility index (Phi) is 4.89. The van der Waals surface area contributed by atoms with E-state index in [1.165, 1.54) is 0 Å². The first kappa shape index (κ1) is 17.3. The third-order valence-corrected chi connectivity index (χ3v) is 4.54. The average molecular weight is 363 g/mol. The van der Waals surface area contributed by atoms with Crippen molar-refractivity contribution in [2.75, 3.05) is 36.5 Å². The van der Waals surface area contributed by atoms with Gasteiger partial charge in [-0.1, -0.05) is 30.3 Å². The van der Waals surface area contributed by atoms with Crippen LogP contribution in [0.15, 0.2) is 59.0 Å². The average Bonchev–Trinajstić information content (AvgIpc) is 3.12. The number of carbonyl (C=O) groups excluding carboxylic acids is 1. The number of rotatable bonds is 4. The second-order valence-corrected chi connectivity index (χ2v) is 6.36. The van der Waals surface area contributed by atoms with Gasteiger partial charge < -0.3 is 19.4 Å². The van der Waals surface area contributed by atoms with E-state index in [1.54, 1.807) is 6.92 Å². The summed E-state index contributed by atoms with van der Waals surface area (Å²) in [6, 6.07) is 17.3. The fourth-order valence-corrected chi connectivity index (χ4v) is 3.15. The fourth-order valence-electron chi connectivity index (χ4n) is 3.15. The number of morpholine rings is 1. The maximum absolute atomic E-state index is 12.8. The molecule has 1 saturated heterocycles. The second kappa shape index (κ2) is 7.63. The molecule has 6 heteroatoms. The zero-order valence-corrected chi connectivity index (χ0v) is 15.1. The molecule has 138 valence electrons. The molecule has 1 aliphatic rings. The zero-order valence-electron chi connectivity index (χ0n) is 15.1. The van der Waals surface area contributed by atoms with Crippen LogP contribution in [0, 0.1) is 6.92 Å². The highest BCUT2D eigenvalue weighted by Gasteiger charge is 2.21. The number of hydrogen-bond acceptors (Lipinski definition) is 5. The van der Waals surface area contributed by atoms with Gasteiger partial charge in [0.15, 0.2) is 5.69 Å². The number of nitrogens with zero attached hydrogens (tertiary/aromatic N) is 2. The third kappa shape index (κ3) is 3.71. The number of benzene rings is 2. The molecule has 0 spiro atoms. The molecule has 1 aromatic heterocycles. The van der Waals surface area contributed by atoms with Crippen LogP contribution in [0.2, 0.25) is 0 Å². The molecule has 1 aliphatic heterocycles. The number of amides is 1. The first-order chi connectivity index (χ1) is 13.2. The van der Waals surface area contributed by atoms with Crippen molar-refractivity contribution < 1.29 is 13.9 Å². The van der Waals surface area contributed by atoms with E-state index in [9.17, 15) is 4.79 Å². The van der Waals surface area contributed by atoms with Gasteiger partial charge in [0.1, 0.15) is 5.76 Å². The van der Waals surface area contributed by atoms with Crippen LogP contribution >= 0.6 is 0 Å². The number of anilines is 2. The molecule has 1 fully saturated rings. The van der Waals surface area contributed by atoms with Gasteiger partial charge in [0.2, 0.25) is 5.89 Å². The Morgan fingerprint density at radius 1 is 1.04 bits per heavy atom. The SMILES string of the molecule is Cc1oc(-c2ccccc2)nc1C(=O)Nc1ccccc1N1CCOCC1. The van der Waals surface area contributed by atoms with Gasteiger partial charge in [-0.15, -0.1) is 0 Å². The summed E-state index contributed by atoms with van der Waals surface area (Å²) in [5.74, 6) is 0.661. The first-order valence-electron chi connectivity index (χ1n) is 8.98. The van der Waals surface area contributed by atoms with Gasteiger partial charge in [-0.25, -0.2) is 4.98 Å². The van der Waals surface area contributed by atoms with Crippen molar-refractivity contribution in [2.24, 2.45) is 0 Å². The fraction of sp³-hybridized carbons (Fsp3) is 0.238. The molecule has 0 aliphatic carbocycles. The van der Waals surface area contributed by atoms with Crippen molar-refractivity contribution in [3.05, 3.63) is 66.1 Å². The van der Waals surface area contributed by atoms with E-state index < -0.39 is 0 Å². The van der Waals surface area contributed by atoms with E-state index >= 15 is 0 Å². The summed E-state index contributed by atoms with van der Waals surface area (Å²) in [5.41, 5.74) is 2.88.